The minimum atomic E-state index is -0.382. The lowest BCUT2D eigenvalue weighted by atomic mass is 9.91. The molecule has 0 atom stereocenters. The number of carbonyl (C=O) groups is 1. The maximum atomic E-state index is 13.5. The summed E-state index contributed by atoms with van der Waals surface area (Å²) in [5.74, 6) is 0.453. The number of aromatic nitrogens is 7. The normalized spacial score (nSPS) is 11.7. The molecule has 0 aliphatic rings. The Morgan fingerprint density at radius 1 is 1.03 bits per heavy atom. The van der Waals surface area contributed by atoms with Gasteiger partial charge in [0, 0.05) is 23.7 Å². The van der Waals surface area contributed by atoms with Gasteiger partial charge in [0.05, 0.1) is 17.6 Å². The van der Waals surface area contributed by atoms with Crippen molar-refractivity contribution < 1.29 is 9.18 Å². The summed E-state index contributed by atoms with van der Waals surface area (Å²) in [4.78, 5) is 30.3. The van der Waals surface area contributed by atoms with Gasteiger partial charge >= 0.3 is 0 Å². The average Bonchev–Trinajstić information content (AvgIpc) is 3.38. The molecule has 0 radical (unpaired) electrons. The van der Waals surface area contributed by atoms with E-state index < -0.39 is 0 Å². The van der Waals surface area contributed by atoms with Crippen LogP contribution >= 0.6 is 0 Å². The first-order chi connectivity index (χ1) is 17.1. The molecule has 182 valence electrons. The largest absolute Gasteiger partial charge is 0.330 e. The number of carbonyl (C=O) groups excluding carboxylic acids is 1. The van der Waals surface area contributed by atoms with Crippen LogP contribution in [0.4, 0.5) is 10.2 Å². The molecule has 0 aliphatic carbocycles. The van der Waals surface area contributed by atoms with Gasteiger partial charge in [-0.15, -0.1) is 0 Å². The molecule has 0 saturated carbocycles. The van der Waals surface area contributed by atoms with Crippen molar-refractivity contribution >= 4 is 17.4 Å². The monoisotopic (exact) mass is 484 g/mol. The highest BCUT2D eigenvalue weighted by atomic mass is 19.1. The molecule has 1 N–H and O–H groups in total. The number of halogens is 1. The molecule has 0 aliphatic heterocycles. The molecule has 0 spiro atoms. The van der Waals surface area contributed by atoms with Gasteiger partial charge in [0.15, 0.2) is 11.5 Å². The van der Waals surface area contributed by atoms with E-state index >= 15 is 0 Å². The highest BCUT2D eigenvalue weighted by Crippen LogP contribution is 2.31. The standard InChI is InChI=1S/C26H25FN8O/c1-15-30-23(16-6-8-17(27)9-7-16)24(34(15)5)18-10-11-22-31-21(13-35(22)33-18)32-25(36)19-12-20(26(2,3)4)29-14-28-19/h6-14H,1-5H3,(H,32,36). The van der Waals surface area contributed by atoms with Crippen molar-refractivity contribution in [3.63, 3.8) is 0 Å². The van der Waals surface area contributed by atoms with Gasteiger partial charge in [0.25, 0.3) is 5.91 Å². The van der Waals surface area contributed by atoms with Crippen LogP contribution in [-0.2, 0) is 12.5 Å². The van der Waals surface area contributed by atoms with Crippen LogP contribution in [0.15, 0.2) is 55.0 Å². The zero-order valence-corrected chi connectivity index (χ0v) is 20.6. The van der Waals surface area contributed by atoms with Gasteiger partial charge in [-0.05, 0) is 49.4 Å². The third kappa shape index (κ3) is 4.33. The molecule has 1 aromatic carbocycles. The van der Waals surface area contributed by atoms with Crippen molar-refractivity contribution in [1.29, 1.82) is 0 Å². The maximum Gasteiger partial charge on any atom is 0.275 e. The summed E-state index contributed by atoms with van der Waals surface area (Å²) in [7, 11) is 1.91. The van der Waals surface area contributed by atoms with Crippen molar-refractivity contribution in [2.45, 2.75) is 33.1 Å². The van der Waals surface area contributed by atoms with Crippen molar-refractivity contribution in [2.24, 2.45) is 7.05 Å². The second-order valence-corrected chi connectivity index (χ2v) is 9.56. The van der Waals surface area contributed by atoms with E-state index in [4.69, 9.17) is 5.10 Å². The topological polar surface area (TPSA) is 103 Å². The van der Waals surface area contributed by atoms with Gasteiger partial charge < -0.3 is 9.88 Å². The first kappa shape index (κ1) is 23.3. The van der Waals surface area contributed by atoms with E-state index in [1.165, 1.54) is 18.5 Å². The van der Waals surface area contributed by atoms with Gasteiger partial charge in [-0.25, -0.2) is 28.8 Å². The lowest BCUT2D eigenvalue weighted by Crippen LogP contribution is -2.18. The minimum Gasteiger partial charge on any atom is -0.330 e. The van der Waals surface area contributed by atoms with E-state index in [1.807, 2.05) is 51.4 Å². The number of imidazole rings is 2. The Bertz CT molecular complexity index is 1600. The van der Waals surface area contributed by atoms with E-state index in [-0.39, 0.29) is 22.8 Å². The zero-order chi connectivity index (χ0) is 25.6. The number of anilines is 1. The molecule has 36 heavy (non-hydrogen) atoms. The SMILES string of the molecule is Cc1nc(-c2ccc(F)cc2)c(-c2ccc3nc(NC(=O)c4cc(C(C)(C)C)ncn4)cn3n2)n1C. The Labute approximate surface area is 207 Å². The van der Waals surface area contributed by atoms with Gasteiger partial charge in [-0.1, -0.05) is 20.8 Å². The number of amides is 1. The zero-order valence-electron chi connectivity index (χ0n) is 20.6. The smallest absolute Gasteiger partial charge is 0.275 e. The third-order valence-corrected chi connectivity index (χ3v) is 5.91. The van der Waals surface area contributed by atoms with Crippen LogP contribution in [0.5, 0.6) is 0 Å². The summed E-state index contributed by atoms with van der Waals surface area (Å²) in [6.07, 6.45) is 3.03. The van der Waals surface area contributed by atoms with Crippen molar-refractivity contribution in [3.05, 3.63) is 78.0 Å². The maximum absolute atomic E-state index is 13.5. The molecule has 10 heteroatoms. The Hall–Kier alpha value is -4.47. The number of rotatable bonds is 4. The highest BCUT2D eigenvalue weighted by molar-refractivity contribution is 6.02. The third-order valence-electron chi connectivity index (χ3n) is 5.91. The van der Waals surface area contributed by atoms with E-state index in [0.29, 0.717) is 22.9 Å². The van der Waals surface area contributed by atoms with Crippen molar-refractivity contribution in [2.75, 3.05) is 5.32 Å². The fourth-order valence-corrected chi connectivity index (χ4v) is 3.85. The number of nitrogens with one attached hydrogen (secondary N) is 1. The summed E-state index contributed by atoms with van der Waals surface area (Å²) in [6.45, 7) is 7.97. The van der Waals surface area contributed by atoms with Crippen LogP contribution in [0.3, 0.4) is 0 Å². The molecular weight excluding hydrogens is 459 g/mol. The number of hydrogen-bond donors (Lipinski definition) is 1. The second kappa shape index (κ2) is 8.63. The van der Waals surface area contributed by atoms with Crippen molar-refractivity contribution in [1.82, 2.24) is 34.1 Å². The summed E-state index contributed by atoms with van der Waals surface area (Å²) in [5.41, 5.74) is 4.32. The minimum absolute atomic E-state index is 0.210. The predicted octanol–water partition coefficient (Wildman–Crippen LogP) is 4.58. The molecular formula is C26H25FN8O. The molecule has 0 saturated heterocycles. The molecule has 4 aromatic heterocycles. The summed E-state index contributed by atoms with van der Waals surface area (Å²) in [6, 6.07) is 11.6. The number of nitrogens with zero attached hydrogens (tertiary/aromatic N) is 7. The van der Waals surface area contributed by atoms with Crippen LogP contribution in [0.2, 0.25) is 0 Å². The molecule has 4 heterocycles. The van der Waals surface area contributed by atoms with Gasteiger partial charge in [0.1, 0.15) is 29.4 Å². The van der Waals surface area contributed by atoms with Crippen LogP contribution in [0.1, 0.15) is 42.8 Å². The Balaban J connectivity index is 1.47. The molecule has 0 fully saturated rings. The van der Waals surface area contributed by atoms with E-state index in [9.17, 15) is 9.18 Å². The van der Waals surface area contributed by atoms with E-state index in [0.717, 1.165) is 22.8 Å². The highest BCUT2D eigenvalue weighted by Gasteiger charge is 2.20. The quantitative estimate of drug-likeness (QED) is 0.400. The molecule has 0 unspecified atom stereocenters. The Morgan fingerprint density at radius 3 is 2.50 bits per heavy atom. The molecule has 1 amide bonds. The van der Waals surface area contributed by atoms with E-state index in [1.54, 1.807) is 28.9 Å². The fraction of sp³-hybridized carbons (Fsp3) is 0.231. The Morgan fingerprint density at radius 2 is 1.78 bits per heavy atom. The summed E-state index contributed by atoms with van der Waals surface area (Å²) < 4.78 is 17.0. The van der Waals surface area contributed by atoms with Crippen LogP contribution in [-0.4, -0.2) is 40.0 Å². The first-order valence-corrected chi connectivity index (χ1v) is 11.4. The molecule has 5 rings (SSSR count). The number of hydrogen-bond acceptors (Lipinski definition) is 6. The average molecular weight is 485 g/mol. The van der Waals surface area contributed by atoms with Gasteiger partial charge in [0.2, 0.25) is 0 Å². The van der Waals surface area contributed by atoms with Crippen LogP contribution in [0.25, 0.3) is 28.3 Å². The first-order valence-electron chi connectivity index (χ1n) is 11.4. The van der Waals surface area contributed by atoms with Gasteiger partial charge in [-0.2, -0.15) is 5.10 Å². The second-order valence-electron chi connectivity index (χ2n) is 9.56. The van der Waals surface area contributed by atoms with Crippen LogP contribution in [0, 0.1) is 12.7 Å². The molecule has 9 nitrogen and oxygen atoms in total. The number of aryl methyl sites for hydroxylation is 1. The van der Waals surface area contributed by atoms with Crippen molar-refractivity contribution in [3.8, 4) is 22.6 Å². The fourth-order valence-electron chi connectivity index (χ4n) is 3.85. The lowest BCUT2D eigenvalue weighted by molar-refractivity contribution is 0.102. The molecule has 5 aromatic rings. The predicted molar refractivity (Wildman–Crippen MR) is 134 cm³/mol. The van der Waals surface area contributed by atoms with E-state index in [2.05, 4.69) is 25.3 Å². The van der Waals surface area contributed by atoms with Crippen LogP contribution < -0.4 is 5.32 Å². The summed E-state index contributed by atoms with van der Waals surface area (Å²) in [5, 5.41) is 7.50. The summed E-state index contributed by atoms with van der Waals surface area (Å²) >= 11 is 0. The van der Waals surface area contributed by atoms with Gasteiger partial charge in [-0.3, -0.25) is 4.79 Å². The number of fused-ring (bicyclic) bond motifs is 1. The molecule has 0 bridgehead atoms. The lowest BCUT2D eigenvalue weighted by Gasteiger charge is -2.17. The Kier molecular flexibility index (Phi) is 5.58. The number of benzene rings is 1.